The van der Waals surface area contributed by atoms with E-state index in [4.69, 9.17) is 4.42 Å². The van der Waals surface area contributed by atoms with E-state index < -0.39 is 5.60 Å². The van der Waals surface area contributed by atoms with Crippen LogP contribution in [0.15, 0.2) is 45.3 Å². The van der Waals surface area contributed by atoms with Crippen molar-refractivity contribution in [1.82, 2.24) is 15.5 Å². The van der Waals surface area contributed by atoms with Gasteiger partial charge in [0.2, 0.25) is 0 Å². The lowest BCUT2D eigenvalue weighted by Gasteiger charge is -2.27. The summed E-state index contributed by atoms with van der Waals surface area (Å²) in [5, 5.41) is 19.4. The van der Waals surface area contributed by atoms with Gasteiger partial charge in [-0.05, 0) is 63.4 Å². The average Bonchev–Trinajstić information content (AvgIpc) is 3.43. The van der Waals surface area contributed by atoms with E-state index in [1.165, 1.54) is 12.8 Å². The molecule has 0 aliphatic carbocycles. The highest BCUT2D eigenvalue weighted by atomic mass is 32.1. The van der Waals surface area contributed by atoms with Crippen molar-refractivity contribution in [1.29, 1.82) is 0 Å². The van der Waals surface area contributed by atoms with Crippen LogP contribution in [-0.2, 0) is 5.60 Å². The zero-order chi connectivity index (χ0) is 19.1. The van der Waals surface area contributed by atoms with Gasteiger partial charge in [-0.25, -0.2) is 4.99 Å². The van der Waals surface area contributed by atoms with Crippen LogP contribution in [0.25, 0.3) is 0 Å². The number of rotatable bonds is 8. The molecule has 3 rings (SSSR count). The standard InChI is InChI=1S/C20H30N4O2S/c1-3-21-19(23-15-20(2,25)18-9-7-13-27-18)22-14-16(17-8-6-12-26-17)24-10-4-5-11-24/h6-9,12-13,16,25H,3-5,10-11,14-15H2,1-2H3,(H2,21,22,23). The molecule has 1 saturated heterocycles. The van der Waals surface area contributed by atoms with Crippen molar-refractivity contribution in [3.63, 3.8) is 0 Å². The second-order valence-corrected chi connectivity index (χ2v) is 8.05. The first-order valence-corrected chi connectivity index (χ1v) is 10.5. The lowest BCUT2D eigenvalue weighted by molar-refractivity contribution is 0.0711. The van der Waals surface area contributed by atoms with Crippen molar-refractivity contribution in [3.05, 3.63) is 46.5 Å². The summed E-state index contributed by atoms with van der Waals surface area (Å²) in [4.78, 5) is 8.00. The van der Waals surface area contributed by atoms with Gasteiger partial charge in [-0.3, -0.25) is 4.90 Å². The highest BCUT2D eigenvalue weighted by molar-refractivity contribution is 7.10. The lowest BCUT2D eigenvalue weighted by Crippen LogP contribution is -2.43. The molecule has 0 radical (unpaired) electrons. The number of hydrogen-bond acceptors (Lipinski definition) is 5. The zero-order valence-electron chi connectivity index (χ0n) is 16.1. The molecule has 3 N–H and O–H groups in total. The molecule has 0 spiro atoms. The molecule has 0 bridgehead atoms. The van der Waals surface area contributed by atoms with E-state index in [2.05, 4.69) is 20.5 Å². The molecule has 0 saturated carbocycles. The predicted molar refractivity (Wildman–Crippen MR) is 110 cm³/mol. The Morgan fingerprint density at radius 1 is 1.33 bits per heavy atom. The smallest absolute Gasteiger partial charge is 0.191 e. The van der Waals surface area contributed by atoms with Gasteiger partial charge < -0.3 is 20.2 Å². The number of hydrogen-bond donors (Lipinski definition) is 3. The second-order valence-electron chi connectivity index (χ2n) is 7.10. The zero-order valence-corrected chi connectivity index (χ0v) is 17.0. The Morgan fingerprint density at radius 3 is 2.78 bits per heavy atom. The summed E-state index contributed by atoms with van der Waals surface area (Å²) >= 11 is 1.55. The third kappa shape index (κ3) is 5.34. The summed E-state index contributed by atoms with van der Waals surface area (Å²) in [7, 11) is 0. The molecule has 27 heavy (non-hydrogen) atoms. The lowest BCUT2D eigenvalue weighted by atomic mass is 10.1. The molecule has 3 heterocycles. The maximum Gasteiger partial charge on any atom is 0.191 e. The second kappa shape index (κ2) is 9.39. The summed E-state index contributed by atoms with van der Waals surface area (Å²) in [6.45, 7) is 7.81. The summed E-state index contributed by atoms with van der Waals surface area (Å²) in [5.74, 6) is 1.69. The summed E-state index contributed by atoms with van der Waals surface area (Å²) in [6, 6.07) is 8.06. The minimum Gasteiger partial charge on any atom is -0.468 e. The van der Waals surface area contributed by atoms with E-state index in [1.54, 1.807) is 17.6 Å². The maximum atomic E-state index is 10.7. The molecule has 0 aromatic carbocycles. The van der Waals surface area contributed by atoms with E-state index in [9.17, 15) is 5.11 Å². The third-order valence-corrected chi connectivity index (χ3v) is 5.98. The number of aliphatic imine (C=N–C) groups is 1. The molecule has 148 valence electrons. The van der Waals surface area contributed by atoms with Crippen LogP contribution < -0.4 is 10.6 Å². The number of thiophene rings is 1. The number of guanidine groups is 1. The van der Waals surface area contributed by atoms with Gasteiger partial charge in [0.05, 0.1) is 18.8 Å². The monoisotopic (exact) mass is 390 g/mol. The van der Waals surface area contributed by atoms with Crippen molar-refractivity contribution in [2.75, 3.05) is 32.7 Å². The van der Waals surface area contributed by atoms with Gasteiger partial charge in [0.25, 0.3) is 0 Å². The highest BCUT2D eigenvalue weighted by Gasteiger charge is 2.26. The molecule has 2 atom stereocenters. The number of likely N-dealkylation sites (tertiary alicyclic amines) is 1. The molecule has 2 unspecified atom stereocenters. The summed E-state index contributed by atoms with van der Waals surface area (Å²) in [5.41, 5.74) is -0.966. The van der Waals surface area contributed by atoms with Crippen LogP contribution in [0.5, 0.6) is 0 Å². The van der Waals surface area contributed by atoms with Gasteiger partial charge >= 0.3 is 0 Å². The van der Waals surface area contributed by atoms with Crippen LogP contribution in [0.4, 0.5) is 0 Å². The SMILES string of the molecule is CCNC(=NCC(C)(O)c1cccs1)NCC(c1ccco1)N1CCCC1. The van der Waals surface area contributed by atoms with E-state index in [-0.39, 0.29) is 6.04 Å². The Kier molecular flexibility index (Phi) is 6.93. The van der Waals surface area contributed by atoms with Gasteiger partial charge in [-0.1, -0.05) is 6.07 Å². The van der Waals surface area contributed by atoms with Crippen LogP contribution >= 0.6 is 11.3 Å². The van der Waals surface area contributed by atoms with E-state index in [1.807, 2.05) is 43.5 Å². The van der Waals surface area contributed by atoms with Crippen molar-refractivity contribution in [3.8, 4) is 0 Å². The Morgan fingerprint density at radius 2 is 2.15 bits per heavy atom. The first-order valence-electron chi connectivity index (χ1n) is 9.66. The van der Waals surface area contributed by atoms with Gasteiger partial charge in [0, 0.05) is 18.0 Å². The molecule has 0 amide bonds. The van der Waals surface area contributed by atoms with Gasteiger partial charge in [-0.2, -0.15) is 0 Å². The molecular weight excluding hydrogens is 360 g/mol. The van der Waals surface area contributed by atoms with Gasteiger partial charge in [0.1, 0.15) is 11.4 Å². The molecule has 1 fully saturated rings. The molecule has 1 aliphatic rings. The first kappa shape index (κ1) is 19.9. The minimum absolute atomic E-state index is 0.184. The molecule has 1 aliphatic heterocycles. The minimum atomic E-state index is -0.966. The van der Waals surface area contributed by atoms with Crippen LogP contribution in [0.3, 0.4) is 0 Å². The van der Waals surface area contributed by atoms with E-state index >= 15 is 0 Å². The third-order valence-electron chi connectivity index (χ3n) is 4.86. The number of nitrogens with zero attached hydrogens (tertiary/aromatic N) is 2. The Bertz CT molecular complexity index is 692. The average molecular weight is 391 g/mol. The molecule has 2 aromatic heterocycles. The number of aliphatic hydroxyl groups is 1. The normalized spacial score (nSPS) is 19.0. The predicted octanol–water partition coefficient (Wildman–Crippen LogP) is 2.94. The summed E-state index contributed by atoms with van der Waals surface area (Å²) in [6.07, 6.45) is 4.19. The quantitative estimate of drug-likeness (QED) is 0.477. The molecule has 2 aromatic rings. The van der Waals surface area contributed by atoms with Gasteiger partial charge in [0.15, 0.2) is 5.96 Å². The van der Waals surface area contributed by atoms with Crippen molar-refractivity contribution < 1.29 is 9.52 Å². The Balaban J connectivity index is 1.65. The van der Waals surface area contributed by atoms with Crippen molar-refractivity contribution in [2.24, 2.45) is 4.99 Å². The molecule has 7 heteroatoms. The van der Waals surface area contributed by atoms with Crippen molar-refractivity contribution in [2.45, 2.75) is 38.3 Å². The molecular formula is C20H30N4O2S. The van der Waals surface area contributed by atoms with Crippen molar-refractivity contribution >= 4 is 17.3 Å². The largest absolute Gasteiger partial charge is 0.468 e. The maximum absolute atomic E-state index is 10.7. The molecule has 6 nitrogen and oxygen atoms in total. The van der Waals surface area contributed by atoms with Crippen LogP contribution in [0.2, 0.25) is 0 Å². The Hall–Kier alpha value is -1.83. The number of nitrogens with one attached hydrogen (secondary N) is 2. The van der Waals surface area contributed by atoms with Crippen LogP contribution in [0, 0.1) is 0 Å². The first-order chi connectivity index (χ1) is 13.1. The van der Waals surface area contributed by atoms with Crippen LogP contribution in [-0.4, -0.2) is 48.7 Å². The van der Waals surface area contributed by atoms with E-state index in [0.717, 1.165) is 30.3 Å². The summed E-state index contributed by atoms with van der Waals surface area (Å²) < 4.78 is 5.68. The topological polar surface area (TPSA) is 73.0 Å². The fourth-order valence-corrected chi connectivity index (χ4v) is 4.15. The fourth-order valence-electron chi connectivity index (χ4n) is 3.37. The van der Waals surface area contributed by atoms with Crippen LogP contribution in [0.1, 0.15) is 43.4 Å². The number of furan rings is 1. The highest BCUT2D eigenvalue weighted by Crippen LogP contribution is 2.26. The van der Waals surface area contributed by atoms with Gasteiger partial charge in [-0.15, -0.1) is 11.3 Å². The van der Waals surface area contributed by atoms with E-state index in [0.29, 0.717) is 19.0 Å². The fraction of sp³-hybridized carbons (Fsp3) is 0.550. The Labute approximate surface area is 165 Å².